The lowest BCUT2D eigenvalue weighted by Gasteiger charge is -2.13. The Labute approximate surface area is 95.3 Å². The maximum atomic E-state index is 10.8. The van der Waals surface area contributed by atoms with E-state index in [9.17, 15) is 4.79 Å². The van der Waals surface area contributed by atoms with Crippen molar-refractivity contribution in [2.45, 2.75) is 39.7 Å². The molecule has 0 aromatic carbocycles. The number of nitrogens with zero attached hydrogens (tertiary/aromatic N) is 1. The number of aromatic nitrogens is 1. The van der Waals surface area contributed by atoms with Crippen LogP contribution in [0, 0.1) is 6.92 Å². The Bertz CT molecular complexity index is 377. The zero-order valence-electron chi connectivity index (χ0n) is 9.86. The van der Waals surface area contributed by atoms with Crippen LogP contribution in [0.5, 0.6) is 5.88 Å². The summed E-state index contributed by atoms with van der Waals surface area (Å²) >= 11 is 0. The van der Waals surface area contributed by atoms with Crippen LogP contribution in [0.2, 0.25) is 0 Å². The largest absolute Gasteiger partial charge is 0.478 e. The molecule has 88 valence electrons. The predicted octanol–water partition coefficient (Wildman–Crippen LogP) is 2.66. The highest BCUT2D eigenvalue weighted by Gasteiger charge is 2.09. The molecule has 0 spiro atoms. The van der Waals surface area contributed by atoms with Gasteiger partial charge in [-0.3, -0.25) is 0 Å². The van der Waals surface area contributed by atoms with Crippen molar-refractivity contribution in [2.75, 3.05) is 0 Å². The molecule has 0 saturated heterocycles. The fourth-order valence-corrected chi connectivity index (χ4v) is 1.49. The Kier molecular flexibility index (Phi) is 4.28. The number of carboxylic acids is 1. The highest BCUT2D eigenvalue weighted by Crippen LogP contribution is 2.15. The summed E-state index contributed by atoms with van der Waals surface area (Å²) in [5.41, 5.74) is 0.866. The fraction of sp³-hybridized carbons (Fsp3) is 0.500. The van der Waals surface area contributed by atoms with E-state index >= 15 is 0 Å². The number of carboxylic acid groups (broad SMARTS) is 1. The van der Waals surface area contributed by atoms with Crippen molar-refractivity contribution < 1.29 is 14.6 Å². The van der Waals surface area contributed by atoms with E-state index in [4.69, 9.17) is 9.84 Å². The predicted molar refractivity (Wildman–Crippen MR) is 60.9 cm³/mol. The zero-order valence-corrected chi connectivity index (χ0v) is 9.86. The summed E-state index contributed by atoms with van der Waals surface area (Å²) in [7, 11) is 0. The van der Waals surface area contributed by atoms with E-state index in [0.29, 0.717) is 11.6 Å². The van der Waals surface area contributed by atoms with Gasteiger partial charge in [0.1, 0.15) is 0 Å². The molecule has 4 heteroatoms. The first-order chi connectivity index (χ1) is 7.52. The second kappa shape index (κ2) is 5.49. The summed E-state index contributed by atoms with van der Waals surface area (Å²) in [5, 5.41) is 8.89. The van der Waals surface area contributed by atoms with Gasteiger partial charge in [0, 0.05) is 11.8 Å². The fourth-order valence-electron chi connectivity index (χ4n) is 1.49. The number of aryl methyl sites for hydroxylation is 1. The molecular formula is C12H17NO3. The number of rotatable bonds is 5. The molecule has 0 saturated carbocycles. The minimum Gasteiger partial charge on any atom is -0.478 e. The standard InChI is InChI=1S/C12H17NO3/c1-4-5-9(3)16-11-7-10(12(14)15)6-8(2)13-11/h6-7,9H,4-5H2,1-3H3,(H,14,15). The molecule has 0 bridgehead atoms. The molecule has 1 atom stereocenters. The molecule has 16 heavy (non-hydrogen) atoms. The van der Waals surface area contributed by atoms with Gasteiger partial charge in [-0.2, -0.15) is 0 Å². The van der Waals surface area contributed by atoms with Crippen LogP contribution < -0.4 is 4.74 Å². The summed E-state index contributed by atoms with van der Waals surface area (Å²) in [6.45, 7) is 5.78. The number of pyridine rings is 1. The molecule has 4 nitrogen and oxygen atoms in total. The normalized spacial score (nSPS) is 12.2. The van der Waals surface area contributed by atoms with Crippen LogP contribution in [-0.4, -0.2) is 22.2 Å². The molecule has 0 aliphatic heterocycles. The van der Waals surface area contributed by atoms with Crippen molar-refractivity contribution >= 4 is 5.97 Å². The lowest BCUT2D eigenvalue weighted by atomic mass is 10.2. The van der Waals surface area contributed by atoms with E-state index in [0.717, 1.165) is 12.8 Å². The Morgan fingerprint density at radius 1 is 1.56 bits per heavy atom. The van der Waals surface area contributed by atoms with Gasteiger partial charge in [0.15, 0.2) is 0 Å². The molecule has 0 fully saturated rings. The third-order valence-electron chi connectivity index (χ3n) is 2.19. The SMILES string of the molecule is CCCC(C)Oc1cc(C(=O)O)cc(C)n1. The van der Waals surface area contributed by atoms with Crippen LogP contribution in [-0.2, 0) is 0 Å². The molecule has 0 aliphatic rings. The van der Waals surface area contributed by atoms with Crippen LogP contribution in [0.25, 0.3) is 0 Å². The highest BCUT2D eigenvalue weighted by atomic mass is 16.5. The summed E-state index contributed by atoms with van der Waals surface area (Å²) < 4.78 is 5.55. The molecule has 1 rings (SSSR count). The lowest BCUT2D eigenvalue weighted by molar-refractivity contribution is 0.0695. The number of ether oxygens (including phenoxy) is 1. The minimum atomic E-state index is -0.960. The van der Waals surface area contributed by atoms with Gasteiger partial charge in [-0.15, -0.1) is 0 Å². The molecule has 1 aromatic rings. The van der Waals surface area contributed by atoms with Gasteiger partial charge >= 0.3 is 5.97 Å². The van der Waals surface area contributed by atoms with E-state index in [1.165, 1.54) is 12.1 Å². The van der Waals surface area contributed by atoms with Crippen LogP contribution in [0.1, 0.15) is 42.7 Å². The molecule has 0 aliphatic carbocycles. The maximum absolute atomic E-state index is 10.8. The van der Waals surface area contributed by atoms with Crippen molar-refractivity contribution in [1.82, 2.24) is 4.98 Å². The second-order valence-corrected chi connectivity index (χ2v) is 3.86. The molecule has 0 amide bonds. The Morgan fingerprint density at radius 3 is 2.81 bits per heavy atom. The molecule has 1 unspecified atom stereocenters. The van der Waals surface area contributed by atoms with Crippen LogP contribution in [0.15, 0.2) is 12.1 Å². The molecule has 1 aromatic heterocycles. The van der Waals surface area contributed by atoms with Gasteiger partial charge in [-0.1, -0.05) is 13.3 Å². The monoisotopic (exact) mass is 223 g/mol. The Morgan fingerprint density at radius 2 is 2.25 bits per heavy atom. The molecule has 0 radical (unpaired) electrons. The maximum Gasteiger partial charge on any atom is 0.335 e. The van der Waals surface area contributed by atoms with Crippen molar-refractivity contribution in [3.63, 3.8) is 0 Å². The van der Waals surface area contributed by atoms with E-state index < -0.39 is 5.97 Å². The quantitative estimate of drug-likeness (QED) is 0.833. The summed E-state index contributed by atoms with van der Waals surface area (Å²) in [4.78, 5) is 15.0. The van der Waals surface area contributed by atoms with E-state index in [1.54, 1.807) is 6.92 Å². The Hall–Kier alpha value is -1.58. The van der Waals surface area contributed by atoms with Crippen LogP contribution in [0.4, 0.5) is 0 Å². The lowest BCUT2D eigenvalue weighted by Crippen LogP contribution is -2.13. The van der Waals surface area contributed by atoms with Gasteiger partial charge in [-0.25, -0.2) is 9.78 Å². The zero-order chi connectivity index (χ0) is 12.1. The van der Waals surface area contributed by atoms with E-state index in [2.05, 4.69) is 11.9 Å². The smallest absolute Gasteiger partial charge is 0.335 e. The molecule has 1 N–H and O–H groups in total. The van der Waals surface area contributed by atoms with Gasteiger partial charge in [0.2, 0.25) is 5.88 Å². The van der Waals surface area contributed by atoms with Crippen LogP contribution >= 0.6 is 0 Å². The average Bonchev–Trinajstić information content (AvgIpc) is 2.16. The highest BCUT2D eigenvalue weighted by molar-refractivity contribution is 5.87. The van der Waals surface area contributed by atoms with Crippen LogP contribution in [0.3, 0.4) is 0 Å². The number of carbonyl (C=O) groups is 1. The van der Waals surface area contributed by atoms with E-state index in [1.807, 2.05) is 6.92 Å². The minimum absolute atomic E-state index is 0.0564. The van der Waals surface area contributed by atoms with Crippen molar-refractivity contribution in [1.29, 1.82) is 0 Å². The summed E-state index contributed by atoms with van der Waals surface area (Å²) in [5.74, 6) is -0.572. The van der Waals surface area contributed by atoms with Crippen molar-refractivity contribution in [3.05, 3.63) is 23.4 Å². The topological polar surface area (TPSA) is 59.4 Å². The summed E-state index contributed by atoms with van der Waals surface area (Å²) in [6.07, 6.45) is 2.01. The first-order valence-corrected chi connectivity index (χ1v) is 5.41. The van der Waals surface area contributed by atoms with Crippen molar-refractivity contribution in [3.8, 4) is 5.88 Å². The van der Waals surface area contributed by atoms with Gasteiger partial charge in [0.05, 0.1) is 11.7 Å². The van der Waals surface area contributed by atoms with E-state index in [-0.39, 0.29) is 11.7 Å². The summed E-state index contributed by atoms with van der Waals surface area (Å²) in [6, 6.07) is 2.99. The third kappa shape index (κ3) is 3.53. The van der Waals surface area contributed by atoms with Gasteiger partial charge < -0.3 is 9.84 Å². The number of aromatic carboxylic acids is 1. The van der Waals surface area contributed by atoms with Gasteiger partial charge in [-0.05, 0) is 26.3 Å². The average molecular weight is 223 g/mol. The molecule has 1 heterocycles. The third-order valence-corrected chi connectivity index (χ3v) is 2.19. The first kappa shape index (κ1) is 12.5. The number of hydrogen-bond donors (Lipinski definition) is 1. The molecular weight excluding hydrogens is 206 g/mol. The van der Waals surface area contributed by atoms with Gasteiger partial charge in [0.25, 0.3) is 0 Å². The number of hydrogen-bond acceptors (Lipinski definition) is 3. The second-order valence-electron chi connectivity index (χ2n) is 3.86. The first-order valence-electron chi connectivity index (χ1n) is 5.41. The van der Waals surface area contributed by atoms with Crippen molar-refractivity contribution in [2.24, 2.45) is 0 Å². The Balaban J connectivity index is 2.84.